The molecule has 0 amide bonds. The fraction of sp³-hybridized carbons (Fsp3) is 0.609. The van der Waals surface area contributed by atoms with Crippen LogP contribution < -0.4 is 10.2 Å². The van der Waals surface area contributed by atoms with Crippen LogP contribution >= 0.6 is 11.3 Å². The van der Waals surface area contributed by atoms with Crippen molar-refractivity contribution in [2.24, 2.45) is 0 Å². The van der Waals surface area contributed by atoms with Crippen LogP contribution in [0.4, 0.5) is 11.6 Å². The Hall–Kier alpha value is -2.03. The number of rotatable bonds is 4. The molecule has 0 aromatic carbocycles. The Morgan fingerprint density at radius 1 is 1.19 bits per heavy atom. The number of nitrogens with one attached hydrogen (secondary N) is 1. The quantitative estimate of drug-likeness (QED) is 0.650. The van der Waals surface area contributed by atoms with E-state index < -0.39 is 0 Å². The molecule has 3 aromatic rings. The first kappa shape index (κ1) is 19.6. The average molecular weight is 440 g/mol. The molecule has 0 spiro atoms. The molecule has 0 aliphatic carbocycles. The van der Waals surface area contributed by atoms with Gasteiger partial charge >= 0.3 is 0 Å². The van der Waals surface area contributed by atoms with Crippen LogP contribution in [-0.4, -0.2) is 52.9 Å². The first-order valence-electron chi connectivity index (χ1n) is 11.4. The molecule has 2 fully saturated rings. The molecule has 6 heterocycles. The van der Waals surface area contributed by atoms with Crippen molar-refractivity contribution in [1.29, 1.82) is 0 Å². The number of hydrogen-bond donors (Lipinski definition) is 1. The maximum Gasteiger partial charge on any atom is 0.147 e. The van der Waals surface area contributed by atoms with Crippen LogP contribution in [0.3, 0.4) is 0 Å². The van der Waals surface area contributed by atoms with Crippen molar-refractivity contribution < 1.29 is 9.47 Å². The van der Waals surface area contributed by atoms with Crippen LogP contribution in [0.2, 0.25) is 0 Å². The summed E-state index contributed by atoms with van der Waals surface area (Å²) in [4.78, 5) is 18.0. The van der Waals surface area contributed by atoms with Gasteiger partial charge in [0.05, 0.1) is 28.5 Å². The molecule has 1 N–H and O–H groups in total. The topological polar surface area (TPSA) is 72.4 Å². The molecule has 3 aromatic heterocycles. The van der Waals surface area contributed by atoms with Gasteiger partial charge in [-0.25, -0.2) is 15.0 Å². The third-order valence-corrected chi connectivity index (χ3v) is 7.81. The summed E-state index contributed by atoms with van der Waals surface area (Å²) in [6.45, 7) is 8.77. The molecule has 0 saturated carbocycles. The molecular weight excluding hydrogens is 410 g/mol. The highest BCUT2D eigenvalue weighted by Crippen LogP contribution is 2.44. The van der Waals surface area contributed by atoms with Crippen molar-refractivity contribution in [2.45, 2.75) is 64.3 Å². The van der Waals surface area contributed by atoms with Crippen LogP contribution in [-0.2, 0) is 22.5 Å². The molecule has 2 saturated heterocycles. The third-order valence-electron chi connectivity index (χ3n) is 6.73. The summed E-state index contributed by atoms with van der Waals surface area (Å²) >= 11 is 1.71. The third kappa shape index (κ3) is 3.45. The summed E-state index contributed by atoms with van der Waals surface area (Å²) in [5.41, 5.74) is 3.43. The van der Waals surface area contributed by atoms with Gasteiger partial charge < -0.3 is 19.7 Å². The zero-order valence-corrected chi connectivity index (χ0v) is 19.1. The van der Waals surface area contributed by atoms with E-state index in [2.05, 4.69) is 29.0 Å². The lowest BCUT2D eigenvalue weighted by atomic mass is 9.90. The van der Waals surface area contributed by atoms with E-state index in [0.29, 0.717) is 6.61 Å². The highest BCUT2D eigenvalue weighted by Gasteiger charge is 2.33. The molecule has 0 radical (unpaired) electrons. The maximum absolute atomic E-state index is 6.23. The minimum absolute atomic E-state index is 0.189. The molecule has 0 bridgehead atoms. The van der Waals surface area contributed by atoms with Crippen LogP contribution in [0.25, 0.3) is 20.4 Å². The second-order valence-electron chi connectivity index (χ2n) is 9.51. The molecular formula is C23H29N5O2S. The Morgan fingerprint density at radius 2 is 2.06 bits per heavy atom. The largest absolute Gasteiger partial charge is 0.376 e. The first-order chi connectivity index (χ1) is 15.1. The number of thiophene rings is 1. The molecule has 8 heteroatoms. The maximum atomic E-state index is 6.23. The lowest BCUT2D eigenvalue weighted by Gasteiger charge is -2.34. The summed E-state index contributed by atoms with van der Waals surface area (Å²) in [7, 11) is 0. The van der Waals surface area contributed by atoms with Gasteiger partial charge in [-0.1, -0.05) is 0 Å². The molecule has 3 aliphatic rings. The monoisotopic (exact) mass is 439 g/mol. The number of hydrogen-bond acceptors (Lipinski definition) is 8. The summed E-state index contributed by atoms with van der Waals surface area (Å²) in [5.74, 6) is 2.01. The lowest BCUT2D eigenvalue weighted by Crippen LogP contribution is -2.33. The van der Waals surface area contributed by atoms with Crippen molar-refractivity contribution >= 4 is 43.4 Å². The van der Waals surface area contributed by atoms with Crippen molar-refractivity contribution in [1.82, 2.24) is 15.0 Å². The molecule has 3 aliphatic heterocycles. The molecule has 6 rings (SSSR count). The summed E-state index contributed by atoms with van der Waals surface area (Å²) in [6.07, 6.45) is 7.53. The van der Waals surface area contributed by atoms with Gasteiger partial charge in [0, 0.05) is 43.6 Å². The smallest absolute Gasteiger partial charge is 0.147 e. The van der Waals surface area contributed by atoms with Gasteiger partial charge in [0.2, 0.25) is 0 Å². The highest BCUT2D eigenvalue weighted by atomic mass is 32.1. The van der Waals surface area contributed by atoms with Gasteiger partial charge in [-0.2, -0.15) is 0 Å². The van der Waals surface area contributed by atoms with Crippen LogP contribution in [0.15, 0.2) is 6.33 Å². The second kappa shape index (κ2) is 7.53. The Labute approximate surface area is 186 Å². The average Bonchev–Trinajstić information content (AvgIpc) is 3.51. The van der Waals surface area contributed by atoms with E-state index in [-0.39, 0.29) is 11.7 Å². The molecule has 1 atom stereocenters. The van der Waals surface area contributed by atoms with E-state index in [4.69, 9.17) is 19.4 Å². The minimum atomic E-state index is -0.189. The lowest BCUT2D eigenvalue weighted by molar-refractivity contribution is -0.0395. The van der Waals surface area contributed by atoms with E-state index >= 15 is 0 Å². The molecule has 31 heavy (non-hydrogen) atoms. The number of nitrogens with zero attached hydrogens (tertiary/aromatic N) is 4. The number of ether oxygens (including phenoxy) is 2. The van der Waals surface area contributed by atoms with Gasteiger partial charge in [0.15, 0.2) is 0 Å². The van der Waals surface area contributed by atoms with Gasteiger partial charge in [0.25, 0.3) is 0 Å². The van der Waals surface area contributed by atoms with Crippen molar-refractivity contribution in [3.05, 3.63) is 17.5 Å². The molecule has 7 nitrogen and oxygen atoms in total. The van der Waals surface area contributed by atoms with E-state index in [1.54, 1.807) is 17.7 Å². The Kier molecular flexibility index (Phi) is 4.77. The standard InChI is InChI=1S/C23H29N5O2S/c1-23(2)10-15-16(12-30-23)21(28-7-3-4-8-28)27-22-17(15)18-19(31-22)20(26-13-25-18)24-11-14-6-5-9-29-14/h13-14H,3-12H2,1-2H3,(H,24,25,26)/t14-/m1/s1. The normalized spacial score (nSPS) is 23.0. The second-order valence-corrected chi connectivity index (χ2v) is 10.5. The minimum Gasteiger partial charge on any atom is -0.376 e. The fourth-order valence-corrected chi connectivity index (χ4v) is 6.24. The zero-order chi connectivity index (χ0) is 21.0. The molecule has 0 unspecified atom stereocenters. The van der Waals surface area contributed by atoms with Gasteiger partial charge in [0.1, 0.15) is 22.8 Å². The Morgan fingerprint density at radius 3 is 2.87 bits per heavy atom. The summed E-state index contributed by atoms with van der Waals surface area (Å²) in [6, 6.07) is 0. The Bertz CT molecular complexity index is 1130. The van der Waals surface area contributed by atoms with E-state index in [9.17, 15) is 0 Å². The van der Waals surface area contributed by atoms with Crippen molar-refractivity contribution in [2.75, 3.05) is 36.5 Å². The van der Waals surface area contributed by atoms with Gasteiger partial charge in [-0.3, -0.25) is 0 Å². The number of pyridine rings is 1. The predicted octanol–water partition coefficient (Wildman–Crippen LogP) is 4.28. The fourth-order valence-electron chi connectivity index (χ4n) is 5.12. The van der Waals surface area contributed by atoms with Gasteiger partial charge in [-0.15, -0.1) is 11.3 Å². The highest BCUT2D eigenvalue weighted by molar-refractivity contribution is 7.26. The van der Waals surface area contributed by atoms with E-state index in [1.165, 1.54) is 29.4 Å². The van der Waals surface area contributed by atoms with Gasteiger partial charge in [-0.05, 0) is 45.1 Å². The van der Waals surface area contributed by atoms with Crippen molar-refractivity contribution in [3.63, 3.8) is 0 Å². The summed E-state index contributed by atoms with van der Waals surface area (Å²) in [5, 5.41) is 4.72. The van der Waals surface area contributed by atoms with Crippen LogP contribution in [0.5, 0.6) is 0 Å². The SMILES string of the molecule is CC1(C)Cc2c(c(N3CCCC3)nc3sc4c(NC[C@H]5CCCO5)ncnc4c23)CO1. The predicted molar refractivity (Wildman–Crippen MR) is 124 cm³/mol. The van der Waals surface area contributed by atoms with E-state index in [1.807, 2.05) is 0 Å². The Balaban J connectivity index is 1.50. The first-order valence-corrected chi connectivity index (χ1v) is 12.2. The van der Waals surface area contributed by atoms with E-state index in [0.717, 1.165) is 72.2 Å². The number of anilines is 2. The molecule has 164 valence electrons. The zero-order valence-electron chi connectivity index (χ0n) is 18.2. The number of fused-ring (bicyclic) bond motifs is 5. The number of aromatic nitrogens is 3. The van der Waals surface area contributed by atoms with Crippen LogP contribution in [0.1, 0.15) is 50.7 Å². The summed E-state index contributed by atoms with van der Waals surface area (Å²) < 4.78 is 13.1. The van der Waals surface area contributed by atoms with Crippen molar-refractivity contribution in [3.8, 4) is 0 Å². The van der Waals surface area contributed by atoms with Crippen LogP contribution in [0, 0.1) is 0 Å².